The zero-order valence-corrected chi connectivity index (χ0v) is 36.9. The average molecular weight is 869 g/mol. The van der Waals surface area contributed by atoms with E-state index in [4.69, 9.17) is 19.4 Å². The quantitative estimate of drug-likeness (QED) is 0.0600. The maximum Gasteiger partial charge on any atom is 0.259 e. The van der Waals surface area contributed by atoms with E-state index >= 15 is 0 Å². The standard InChI is InChI=1S/C46H56N6O7S2/c1-7-9-10-11-15-18-35(47-31-16-13-12-14-17-31)44(54)52-26-32(23-38(52)42(53)50-46(25-30(46)8-2)45(55)51-61(56,57)33-19-20-33)59-40-24-36(43-49-37(27-60-43)28(3)4)48-41-29(5)39(58-6)22-21-34(40)41/h7-8,12-14,16-17,21-22,24,27-28,30,32-33,35,38,47H,1-2,9-11,15,18-20,23,25-26H2,3-6H3,(H,50,53)(H,51,55)/t30-,32-,35+,38+,46-/m1/s1. The van der Waals surface area contributed by atoms with E-state index in [1.165, 1.54) is 11.3 Å². The molecule has 2 aromatic heterocycles. The minimum Gasteiger partial charge on any atom is -0.496 e. The molecule has 15 heteroatoms. The number of amides is 3. The Balaban J connectivity index is 1.23. The summed E-state index contributed by atoms with van der Waals surface area (Å²) >= 11 is 1.50. The number of rotatable bonds is 20. The van der Waals surface area contributed by atoms with Crippen molar-refractivity contribution in [3.05, 3.63) is 90.5 Å². The molecule has 5 atom stereocenters. The number of ether oxygens (including phenoxy) is 2. The number of aryl methyl sites for hydroxylation is 1. The number of anilines is 1. The average Bonchev–Trinajstić information content (AvgIpc) is 4.13. The van der Waals surface area contributed by atoms with Crippen molar-refractivity contribution >= 4 is 55.7 Å². The van der Waals surface area contributed by atoms with Crippen molar-refractivity contribution in [3.63, 3.8) is 0 Å². The summed E-state index contributed by atoms with van der Waals surface area (Å²) in [5, 5.41) is 9.21. The molecule has 3 aliphatic rings. The number of pyridine rings is 1. The molecule has 0 bridgehead atoms. The van der Waals surface area contributed by atoms with Crippen molar-refractivity contribution in [1.82, 2.24) is 24.9 Å². The Morgan fingerprint density at radius 3 is 2.48 bits per heavy atom. The van der Waals surface area contributed by atoms with Crippen molar-refractivity contribution in [2.45, 2.75) is 113 Å². The summed E-state index contributed by atoms with van der Waals surface area (Å²) in [6.07, 6.45) is 8.01. The van der Waals surface area contributed by atoms with Crippen LogP contribution in [0.4, 0.5) is 5.69 Å². The summed E-state index contributed by atoms with van der Waals surface area (Å²) in [7, 11) is -2.28. The number of likely N-dealkylation sites (tertiary alicyclic amines) is 1. The number of para-hydroxylation sites is 1. The van der Waals surface area contributed by atoms with Crippen LogP contribution in [0, 0.1) is 12.8 Å². The summed E-state index contributed by atoms with van der Waals surface area (Å²) in [5.41, 5.74) is 2.33. The van der Waals surface area contributed by atoms with E-state index < -0.39 is 56.7 Å². The Bertz CT molecular complexity index is 2400. The molecule has 61 heavy (non-hydrogen) atoms. The van der Waals surface area contributed by atoms with Crippen LogP contribution in [0.1, 0.15) is 88.8 Å². The van der Waals surface area contributed by atoms with Gasteiger partial charge in [-0.1, -0.05) is 57.0 Å². The Morgan fingerprint density at radius 2 is 1.82 bits per heavy atom. The number of hydrogen-bond donors (Lipinski definition) is 3. The fourth-order valence-corrected chi connectivity index (χ4v) is 10.4. The van der Waals surface area contributed by atoms with Crippen molar-refractivity contribution < 1.29 is 32.3 Å². The minimum absolute atomic E-state index is 0.0729. The number of benzene rings is 2. The molecule has 2 aromatic carbocycles. The molecule has 7 rings (SSSR count). The summed E-state index contributed by atoms with van der Waals surface area (Å²) in [6, 6.07) is 13.4. The van der Waals surface area contributed by atoms with Gasteiger partial charge in [-0.2, -0.15) is 0 Å². The lowest BCUT2D eigenvalue weighted by Crippen LogP contribution is -2.57. The number of sulfonamides is 1. The first-order valence-electron chi connectivity index (χ1n) is 21.1. The number of nitrogens with one attached hydrogen (secondary N) is 3. The van der Waals surface area contributed by atoms with Gasteiger partial charge in [0, 0.05) is 40.4 Å². The molecular weight excluding hydrogens is 813 g/mol. The third kappa shape index (κ3) is 9.62. The van der Waals surface area contributed by atoms with Crippen molar-refractivity contribution in [2.24, 2.45) is 5.92 Å². The van der Waals surface area contributed by atoms with Gasteiger partial charge >= 0.3 is 0 Å². The monoisotopic (exact) mass is 868 g/mol. The molecule has 3 amide bonds. The van der Waals surface area contributed by atoms with Gasteiger partial charge in [0.1, 0.15) is 45.9 Å². The number of fused-ring (bicyclic) bond motifs is 1. The second-order valence-corrected chi connectivity index (χ2v) is 19.5. The fraction of sp³-hybridized carbons (Fsp3) is 0.457. The number of nitrogens with zero attached hydrogens (tertiary/aromatic N) is 3. The Hall–Kier alpha value is -5.28. The minimum atomic E-state index is -3.89. The van der Waals surface area contributed by atoms with E-state index in [2.05, 4.69) is 42.4 Å². The van der Waals surface area contributed by atoms with Gasteiger partial charge in [0.15, 0.2) is 0 Å². The van der Waals surface area contributed by atoms with Crippen molar-refractivity contribution in [1.29, 1.82) is 0 Å². The first kappa shape index (κ1) is 43.8. The summed E-state index contributed by atoms with van der Waals surface area (Å²) in [5.74, 6) is -0.731. The number of methoxy groups -OCH3 is 1. The number of carbonyl (C=O) groups is 3. The summed E-state index contributed by atoms with van der Waals surface area (Å²) < 4.78 is 40.5. The Kier molecular flexibility index (Phi) is 13.2. The second-order valence-electron chi connectivity index (χ2n) is 16.7. The molecule has 0 unspecified atom stereocenters. The van der Waals surface area contributed by atoms with E-state index in [1.54, 1.807) is 18.1 Å². The molecule has 2 aliphatic carbocycles. The number of aromatic nitrogens is 2. The molecule has 3 N–H and O–H groups in total. The van der Waals surface area contributed by atoms with Crippen LogP contribution < -0.4 is 24.8 Å². The molecule has 1 aliphatic heterocycles. The molecule has 3 fully saturated rings. The highest BCUT2D eigenvalue weighted by atomic mass is 32.2. The van der Waals surface area contributed by atoms with Gasteiger partial charge in [-0.3, -0.25) is 19.1 Å². The van der Waals surface area contributed by atoms with E-state index in [1.807, 2.05) is 66.9 Å². The number of allylic oxidation sites excluding steroid dienone is 1. The maximum absolute atomic E-state index is 14.9. The second kappa shape index (κ2) is 18.4. The van der Waals surface area contributed by atoms with Gasteiger partial charge in [0.05, 0.1) is 30.1 Å². The predicted molar refractivity (Wildman–Crippen MR) is 239 cm³/mol. The lowest BCUT2D eigenvalue weighted by atomic mass is 10.0. The maximum atomic E-state index is 14.9. The van der Waals surface area contributed by atoms with Crippen LogP contribution in [-0.4, -0.2) is 83.6 Å². The summed E-state index contributed by atoms with van der Waals surface area (Å²) in [4.78, 5) is 54.7. The van der Waals surface area contributed by atoms with E-state index in [9.17, 15) is 22.8 Å². The van der Waals surface area contributed by atoms with Gasteiger partial charge in [0.2, 0.25) is 21.8 Å². The van der Waals surface area contributed by atoms with Gasteiger partial charge in [-0.25, -0.2) is 18.4 Å². The molecule has 1 saturated heterocycles. The predicted octanol–water partition coefficient (Wildman–Crippen LogP) is 7.43. The molecule has 324 valence electrons. The highest BCUT2D eigenvalue weighted by Crippen LogP contribution is 2.46. The molecule has 0 spiro atoms. The topological polar surface area (TPSA) is 169 Å². The number of carbonyl (C=O) groups excluding carboxylic acids is 3. The zero-order valence-electron chi connectivity index (χ0n) is 35.3. The van der Waals surface area contributed by atoms with Gasteiger partial charge in [0.25, 0.3) is 5.91 Å². The molecule has 2 saturated carbocycles. The molecule has 4 aromatic rings. The first-order chi connectivity index (χ1) is 29.3. The van der Waals surface area contributed by atoms with Gasteiger partial charge in [-0.05, 0) is 75.6 Å². The van der Waals surface area contributed by atoms with Crippen LogP contribution >= 0.6 is 11.3 Å². The first-order valence-corrected chi connectivity index (χ1v) is 23.6. The highest BCUT2D eigenvalue weighted by Gasteiger charge is 2.62. The molecular formula is C46H56N6O7S2. The Morgan fingerprint density at radius 1 is 1.05 bits per heavy atom. The molecule has 13 nitrogen and oxygen atoms in total. The van der Waals surface area contributed by atoms with Crippen LogP contribution in [0.2, 0.25) is 0 Å². The third-order valence-electron chi connectivity index (χ3n) is 11.9. The van der Waals surface area contributed by atoms with E-state index in [0.717, 1.165) is 53.0 Å². The SMILES string of the molecule is C=CCCCCC[C@H](Nc1ccccc1)C(=O)N1C[C@H](Oc2cc(-c3nc(C(C)C)cs3)nc3c(C)c(OC)ccc23)C[C@H]1C(=O)N[C@]1(C(=O)NS(=O)(=O)C2CC2)C[C@H]1C=C. The van der Waals surface area contributed by atoms with Crippen LogP contribution in [0.3, 0.4) is 0 Å². The van der Waals surface area contributed by atoms with Crippen LogP contribution in [-0.2, 0) is 24.4 Å². The normalized spacial score (nSPS) is 21.5. The van der Waals surface area contributed by atoms with Crippen molar-refractivity contribution in [2.75, 3.05) is 19.0 Å². The van der Waals surface area contributed by atoms with Crippen LogP contribution in [0.25, 0.3) is 21.6 Å². The highest BCUT2D eigenvalue weighted by molar-refractivity contribution is 7.91. The number of unbranched alkanes of at least 4 members (excludes halogenated alkanes) is 3. The lowest BCUT2D eigenvalue weighted by molar-refractivity contribution is -0.140. The van der Waals surface area contributed by atoms with Crippen molar-refractivity contribution in [3.8, 4) is 22.2 Å². The lowest BCUT2D eigenvalue weighted by Gasteiger charge is -2.30. The van der Waals surface area contributed by atoms with E-state index in [0.29, 0.717) is 42.0 Å². The molecule has 0 radical (unpaired) electrons. The zero-order chi connectivity index (χ0) is 43.5. The van der Waals surface area contributed by atoms with E-state index in [-0.39, 0.29) is 31.2 Å². The molecule has 3 heterocycles. The summed E-state index contributed by atoms with van der Waals surface area (Å²) in [6.45, 7) is 13.9. The number of thiazole rings is 1. The van der Waals surface area contributed by atoms with Crippen LogP contribution in [0.15, 0.2) is 79.2 Å². The largest absolute Gasteiger partial charge is 0.496 e. The number of hydrogen-bond acceptors (Lipinski definition) is 11. The van der Waals surface area contributed by atoms with Gasteiger partial charge < -0.3 is 25.0 Å². The van der Waals surface area contributed by atoms with Crippen LogP contribution in [0.5, 0.6) is 11.5 Å². The van der Waals surface area contributed by atoms with Gasteiger partial charge in [-0.15, -0.1) is 24.5 Å². The third-order valence-corrected chi connectivity index (χ3v) is 14.6. The fourth-order valence-electron chi connectivity index (χ4n) is 8.06. The Labute approximate surface area is 362 Å². The smallest absolute Gasteiger partial charge is 0.259 e.